The molecule has 0 spiro atoms. The number of ether oxygens (including phenoxy) is 2. The standard InChI is InChI=1S/C25H38O2/c1-5-7-8-9-10-11-15-21(3)25(26-4,27-20-6-2)24-19-14-17-22-16-12-13-18-23(22)24/h12-14,16-19,21H,5-11,15,20H2,1-4H3. The minimum atomic E-state index is -0.680. The van der Waals surface area contributed by atoms with Crippen LogP contribution in [0.3, 0.4) is 0 Å². The van der Waals surface area contributed by atoms with Crippen LogP contribution >= 0.6 is 0 Å². The molecule has 2 rings (SSSR count). The maximum atomic E-state index is 6.46. The lowest BCUT2D eigenvalue weighted by Crippen LogP contribution is -2.39. The monoisotopic (exact) mass is 370 g/mol. The summed E-state index contributed by atoms with van der Waals surface area (Å²) in [7, 11) is 1.80. The highest BCUT2D eigenvalue weighted by Gasteiger charge is 2.40. The largest absolute Gasteiger partial charge is 0.349 e. The van der Waals surface area contributed by atoms with Crippen molar-refractivity contribution < 1.29 is 9.47 Å². The third-order valence-corrected chi connectivity index (χ3v) is 5.63. The molecular formula is C25H38O2. The first kappa shape index (κ1) is 21.9. The number of benzene rings is 2. The molecule has 27 heavy (non-hydrogen) atoms. The van der Waals surface area contributed by atoms with E-state index in [-0.39, 0.29) is 0 Å². The Bertz CT molecular complexity index is 661. The fraction of sp³-hybridized carbons (Fsp3) is 0.600. The molecule has 2 aromatic carbocycles. The quantitative estimate of drug-likeness (QED) is 0.269. The van der Waals surface area contributed by atoms with Crippen LogP contribution < -0.4 is 0 Å². The first-order valence-corrected chi connectivity index (χ1v) is 10.9. The number of rotatable bonds is 13. The van der Waals surface area contributed by atoms with Crippen LogP contribution in [0.15, 0.2) is 42.5 Å². The molecule has 0 aliphatic heterocycles. The lowest BCUT2D eigenvalue weighted by atomic mass is 9.85. The van der Waals surface area contributed by atoms with Gasteiger partial charge in [-0.15, -0.1) is 0 Å². The van der Waals surface area contributed by atoms with Gasteiger partial charge in [0.1, 0.15) is 0 Å². The van der Waals surface area contributed by atoms with Crippen LogP contribution in [0, 0.1) is 5.92 Å². The van der Waals surface area contributed by atoms with Crippen molar-refractivity contribution in [1.82, 2.24) is 0 Å². The number of unbranched alkanes of at least 4 members (excludes halogenated alkanes) is 5. The van der Waals surface area contributed by atoms with Crippen LogP contribution in [-0.4, -0.2) is 13.7 Å². The van der Waals surface area contributed by atoms with Crippen LogP contribution in [0.4, 0.5) is 0 Å². The van der Waals surface area contributed by atoms with Gasteiger partial charge in [-0.2, -0.15) is 0 Å². The van der Waals surface area contributed by atoms with E-state index in [1.807, 2.05) is 0 Å². The van der Waals surface area contributed by atoms with E-state index in [1.54, 1.807) is 7.11 Å². The minimum absolute atomic E-state index is 0.297. The smallest absolute Gasteiger partial charge is 0.197 e. The fourth-order valence-electron chi connectivity index (χ4n) is 4.06. The van der Waals surface area contributed by atoms with Crippen LogP contribution in [0.2, 0.25) is 0 Å². The van der Waals surface area contributed by atoms with Crippen LogP contribution in [0.1, 0.15) is 77.7 Å². The van der Waals surface area contributed by atoms with Crippen molar-refractivity contribution in [3.63, 3.8) is 0 Å². The second-order valence-corrected chi connectivity index (χ2v) is 7.70. The van der Waals surface area contributed by atoms with Gasteiger partial charge in [0, 0.05) is 18.6 Å². The molecular weight excluding hydrogens is 332 g/mol. The molecule has 2 nitrogen and oxygen atoms in total. The SMILES string of the molecule is CCCCCCCCC(C)C(OC)(OCCC)c1cccc2ccccc12. The third-order valence-electron chi connectivity index (χ3n) is 5.63. The molecule has 0 saturated carbocycles. The van der Waals surface area contributed by atoms with Crippen molar-refractivity contribution in [2.75, 3.05) is 13.7 Å². The van der Waals surface area contributed by atoms with Crippen molar-refractivity contribution in [3.05, 3.63) is 48.0 Å². The summed E-state index contributed by atoms with van der Waals surface area (Å²) in [6, 6.07) is 15.0. The van der Waals surface area contributed by atoms with E-state index in [0.29, 0.717) is 12.5 Å². The van der Waals surface area contributed by atoms with Gasteiger partial charge in [0.25, 0.3) is 0 Å². The first-order valence-electron chi connectivity index (χ1n) is 10.9. The van der Waals surface area contributed by atoms with E-state index in [9.17, 15) is 0 Å². The van der Waals surface area contributed by atoms with E-state index in [2.05, 4.69) is 63.2 Å². The number of methoxy groups -OCH3 is 1. The molecule has 2 atom stereocenters. The predicted molar refractivity (Wildman–Crippen MR) is 116 cm³/mol. The van der Waals surface area contributed by atoms with Crippen LogP contribution in [0.5, 0.6) is 0 Å². The van der Waals surface area contributed by atoms with E-state index in [1.165, 1.54) is 49.3 Å². The summed E-state index contributed by atoms with van der Waals surface area (Å²) in [5.74, 6) is -0.383. The second kappa shape index (κ2) is 11.5. The molecule has 150 valence electrons. The Balaban J connectivity index is 2.23. The number of fused-ring (bicyclic) bond motifs is 1. The molecule has 2 aromatic rings. The Morgan fingerprint density at radius 3 is 2.30 bits per heavy atom. The van der Waals surface area contributed by atoms with Gasteiger partial charge >= 0.3 is 0 Å². The van der Waals surface area contributed by atoms with Gasteiger partial charge in [0.05, 0.1) is 6.61 Å². The summed E-state index contributed by atoms with van der Waals surface area (Å²) in [6.07, 6.45) is 9.99. The predicted octanol–water partition coefficient (Wildman–Crippen LogP) is 7.45. The molecule has 0 saturated heterocycles. The van der Waals surface area contributed by atoms with Gasteiger partial charge in [0.15, 0.2) is 5.79 Å². The van der Waals surface area contributed by atoms with Crippen molar-refractivity contribution >= 4 is 10.8 Å². The van der Waals surface area contributed by atoms with E-state index in [4.69, 9.17) is 9.47 Å². The Hall–Kier alpha value is -1.38. The molecule has 0 heterocycles. The summed E-state index contributed by atoms with van der Waals surface area (Å²) >= 11 is 0. The van der Waals surface area contributed by atoms with Gasteiger partial charge in [-0.1, -0.05) is 102 Å². The van der Waals surface area contributed by atoms with Crippen molar-refractivity contribution in [2.24, 2.45) is 5.92 Å². The summed E-state index contributed by atoms with van der Waals surface area (Å²) in [6.45, 7) is 7.41. The Morgan fingerprint density at radius 2 is 1.56 bits per heavy atom. The first-order chi connectivity index (χ1) is 13.2. The summed E-state index contributed by atoms with van der Waals surface area (Å²) in [4.78, 5) is 0. The summed E-state index contributed by atoms with van der Waals surface area (Å²) in [5, 5.41) is 2.47. The fourth-order valence-corrected chi connectivity index (χ4v) is 4.06. The third kappa shape index (κ3) is 5.56. The van der Waals surface area contributed by atoms with E-state index < -0.39 is 5.79 Å². The van der Waals surface area contributed by atoms with Gasteiger partial charge in [0.2, 0.25) is 0 Å². The molecule has 2 unspecified atom stereocenters. The van der Waals surface area contributed by atoms with Crippen molar-refractivity contribution in [2.45, 2.75) is 77.9 Å². The zero-order valence-electron chi connectivity index (χ0n) is 17.8. The number of hydrogen-bond donors (Lipinski definition) is 0. The van der Waals surface area contributed by atoms with Gasteiger partial charge in [-0.3, -0.25) is 0 Å². The van der Waals surface area contributed by atoms with Crippen LogP contribution in [0.25, 0.3) is 10.8 Å². The molecule has 0 N–H and O–H groups in total. The van der Waals surface area contributed by atoms with Gasteiger partial charge in [-0.05, 0) is 23.6 Å². The second-order valence-electron chi connectivity index (χ2n) is 7.70. The Kier molecular flexibility index (Phi) is 9.30. The van der Waals surface area contributed by atoms with E-state index >= 15 is 0 Å². The molecule has 0 aromatic heterocycles. The van der Waals surface area contributed by atoms with Crippen molar-refractivity contribution in [3.8, 4) is 0 Å². The zero-order chi connectivity index (χ0) is 19.5. The minimum Gasteiger partial charge on any atom is -0.349 e. The maximum Gasteiger partial charge on any atom is 0.197 e. The zero-order valence-corrected chi connectivity index (χ0v) is 17.8. The molecule has 0 aliphatic carbocycles. The molecule has 0 aliphatic rings. The summed E-state index contributed by atoms with van der Waals surface area (Å²) < 4.78 is 12.6. The van der Waals surface area contributed by atoms with Gasteiger partial charge < -0.3 is 9.47 Å². The molecule has 0 radical (unpaired) electrons. The average Bonchev–Trinajstić information content (AvgIpc) is 2.71. The topological polar surface area (TPSA) is 18.5 Å². The van der Waals surface area contributed by atoms with Gasteiger partial charge in [-0.25, -0.2) is 0 Å². The molecule has 0 amide bonds. The lowest BCUT2D eigenvalue weighted by Gasteiger charge is -2.39. The lowest BCUT2D eigenvalue weighted by molar-refractivity contribution is -0.262. The average molecular weight is 371 g/mol. The van der Waals surface area contributed by atoms with Crippen molar-refractivity contribution in [1.29, 1.82) is 0 Å². The highest BCUT2D eigenvalue weighted by atomic mass is 16.7. The molecule has 0 fully saturated rings. The summed E-state index contributed by atoms with van der Waals surface area (Å²) in [5.41, 5.74) is 1.16. The Morgan fingerprint density at radius 1 is 0.852 bits per heavy atom. The highest BCUT2D eigenvalue weighted by Crippen LogP contribution is 2.41. The van der Waals surface area contributed by atoms with E-state index in [0.717, 1.165) is 18.4 Å². The maximum absolute atomic E-state index is 6.46. The highest BCUT2D eigenvalue weighted by molar-refractivity contribution is 5.86. The number of hydrogen-bond acceptors (Lipinski definition) is 2. The Labute approximate surface area is 166 Å². The molecule has 0 bridgehead atoms. The van der Waals surface area contributed by atoms with Crippen LogP contribution in [-0.2, 0) is 15.3 Å². The normalized spacial score (nSPS) is 15.0. The molecule has 2 heteroatoms.